The second kappa shape index (κ2) is 7.77. The van der Waals surface area contributed by atoms with E-state index in [1.807, 2.05) is 20.8 Å². The van der Waals surface area contributed by atoms with Gasteiger partial charge in [-0.3, -0.25) is 9.59 Å². The van der Waals surface area contributed by atoms with Gasteiger partial charge in [0.15, 0.2) is 0 Å². The number of nitrogens with two attached hydrogens (primary N) is 1. The van der Waals surface area contributed by atoms with Gasteiger partial charge in [0.25, 0.3) is 11.8 Å². The second-order valence-corrected chi connectivity index (χ2v) is 6.82. The zero-order chi connectivity index (χ0) is 17.7. The largest absolute Gasteiger partial charge is 0.364 e. The molecule has 2 rings (SSSR count). The number of hydrogen-bond acceptors (Lipinski definition) is 4. The minimum Gasteiger partial charge on any atom is -0.364 e. The summed E-state index contributed by atoms with van der Waals surface area (Å²) in [6.45, 7) is 6.42. The van der Waals surface area contributed by atoms with Crippen molar-refractivity contribution in [1.82, 2.24) is 5.32 Å². The summed E-state index contributed by atoms with van der Waals surface area (Å²) in [5, 5.41) is 5.80. The standard InChI is InChI=1S/C18H27N3O3/c1-4-18(2,3)21-16(22)12-5-7-13(8-6-12)20-17(23)15-10-9-14(11-19)24-15/h5-8,14-15H,4,9-11,19H2,1-3H3,(H,20,23)(H,21,22)/t14-,15+/m1/s1. The maximum atomic E-state index is 12.2. The zero-order valence-corrected chi connectivity index (χ0v) is 14.6. The molecule has 24 heavy (non-hydrogen) atoms. The first-order valence-corrected chi connectivity index (χ1v) is 8.43. The van der Waals surface area contributed by atoms with E-state index in [1.54, 1.807) is 24.3 Å². The Morgan fingerprint density at radius 3 is 2.46 bits per heavy atom. The van der Waals surface area contributed by atoms with Crippen LogP contribution in [0.2, 0.25) is 0 Å². The van der Waals surface area contributed by atoms with Crippen LogP contribution < -0.4 is 16.4 Å². The van der Waals surface area contributed by atoms with E-state index in [1.165, 1.54) is 0 Å². The van der Waals surface area contributed by atoms with Gasteiger partial charge < -0.3 is 21.1 Å². The van der Waals surface area contributed by atoms with Crippen molar-refractivity contribution in [2.45, 2.75) is 57.8 Å². The lowest BCUT2D eigenvalue weighted by Crippen LogP contribution is -2.42. The lowest BCUT2D eigenvalue weighted by Gasteiger charge is -2.24. The molecule has 2 amide bonds. The Kier molecular flexibility index (Phi) is 5.96. The Hall–Kier alpha value is -1.92. The van der Waals surface area contributed by atoms with E-state index in [4.69, 9.17) is 10.5 Å². The van der Waals surface area contributed by atoms with Crippen molar-refractivity contribution < 1.29 is 14.3 Å². The molecule has 1 aliphatic rings. The first kappa shape index (κ1) is 18.4. The summed E-state index contributed by atoms with van der Waals surface area (Å²) in [6.07, 6.45) is 1.85. The molecule has 6 heteroatoms. The number of benzene rings is 1. The second-order valence-electron chi connectivity index (χ2n) is 6.82. The van der Waals surface area contributed by atoms with Crippen LogP contribution in [0, 0.1) is 0 Å². The Morgan fingerprint density at radius 2 is 1.92 bits per heavy atom. The highest BCUT2D eigenvalue weighted by atomic mass is 16.5. The molecule has 0 unspecified atom stereocenters. The van der Waals surface area contributed by atoms with Gasteiger partial charge in [0.05, 0.1) is 6.10 Å². The summed E-state index contributed by atoms with van der Waals surface area (Å²) in [5.41, 5.74) is 6.52. The van der Waals surface area contributed by atoms with Crippen molar-refractivity contribution in [3.63, 3.8) is 0 Å². The monoisotopic (exact) mass is 333 g/mol. The third-order valence-electron chi connectivity index (χ3n) is 4.41. The molecule has 0 spiro atoms. The molecule has 1 aromatic carbocycles. The Balaban J connectivity index is 1.92. The predicted octanol–water partition coefficient (Wildman–Crippen LogP) is 2.05. The van der Waals surface area contributed by atoms with Gasteiger partial charge in [-0.25, -0.2) is 0 Å². The number of hydrogen-bond donors (Lipinski definition) is 3. The topological polar surface area (TPSA) is 93.5 Å². The first-order valence-electron chi connectivity index (χ1n) is 8.43. The van der Waals surface area contributed by atoms with Crippen LogP contribution in [0.4, 0.5) is 5.69 Å². The number of rotatable bonds is 6. The maximum absolute atomic E-state index is 12.2. The molecule has 6 nitrogen and oxygen atoms in total. The van der Waals surface area contributed by atoms with E-state index >= 15 is 0 Å². The predicted molar refractivity (Wildman–Crippen MR) is 93.9 cm³/mol. The van der Waals surface area contributed by atoms with Gasteiger partial charge in [0.2, 0.25) is 0 Å². The molecule has 0 saturated carbocycles. The van der Waals surface area contributed by atoms with Crippen molar-refractivity contribution in [3.05, 3.63) is 29.8 Å². The minimum absolute atomic E-state index is 0.0336. The number of anilines is 1. The molecule has 1 aliphatic heterocycles. The summed E-state index contributed by atoms with van der Waals surface area (Å²) >= 11 is 0. The third-order valence-corrected chi connectivity index (χ3v) is 4.41. The Morgan fingerprint density at radius 1 is 1.25 bits per heavy atom. The summed E-state index contributed by atoms with van der Waals surface area (Å²) in [6, 6.07) is 6.85. The van der Waals surface area contributed by atoms with Crippen molar-refractivity contribution in [2.75, 3.05) is 11.9 Å². The number of amides is 2. The number of carbonyl (C=O) groups excluding carboxylic acids is 2. The molecule has 1 aromatic rings. The molecule has 1 heterocycles. The Bertz CT molecular complexity index is 584. The van der Waals surface area contributed by atoms with Gasteiger partial charge in [-0.2, -0.15) is 0 Å². The molecule has 1 fully saturated rings. The van der Waals surface area contributed by atoms with Crippen LogP contribution in [0.25, 0.3) is 0 Å². The van der Waals surface area contributed by atoms with Crippen molar-refractivity contribution >= 4 is 17.5 Å². The van der Waals surface area contributed by atoms with Crippen LogP contribution in [0.15, 0.2) is 24.3 Å². The third kappa shape index (κ3) is 4.79. The van der Waals surface area contributed by atoms with Gasteiger partial charge in [0.1, 0.15) is 6.10 Å². The van der Waals surface area contributed by atoms with Crippen LogP contribution in [0.1, 0.15) is 50.4 Å². The minimum atomic E-state index is -0.452. The fraction of sp³-hybridized carbons (Fsp3) is 0.556. The van der Waals surface area contributed by atoms with Gasteiger partial charge >= 0.3 is 0 Å². The van der Waals surface area contributed by atoms with E-state index in [0.717, 1.165) is 12.8 Å². The molecule has 132 valence electrons. The lowest BCUT2D eigenvalue weighted by atomic mass is 10.0. The van der Waals surface area contributed by atoms with Crippen LogP contribution in [0.3, 0.4) is 0 Å². The quantitative estimate of drug-likeness (QED) is 0.743. The number of nitrogens with one attached hydrogen (secondary N) is 2. The molecule has 1 saturated heterocycles. The van der Waals surface area contributed by atoms with Crippen molar-refractivity contribution in [3.8, 4) is 0 Å². The molecular weight excluding hydrogens is 306 g/mol. The molecule has 4 N–H and O–H groups in total. The normalized spacial score (nSPS) is 20.7. The summed E-state index contributed by atoms with van der Waals surface area (Å²) in [5.74, 6) is -0.292. The molecule has 0 radical (unpaired) electrons. The number of carbonyl (C=O) groups is 2. The maximum Gasteiger partial charge on any atom is 0.253 e. The Labute approximate surface area is 143 Å². The van der Waals surface area contributed by atoms with Crippen molar-refractivity contribution in [1.29, 1.82) is 0 Å². The summed E-state index contributed by atoms with van der Waals surface area (Å²) in [7, 11) is 0. The van der Waals surface area contributed by atoms with Crippen molar-refractivity contribution in [2.24, 2.45) is 5.73 Å². The molecule has 0 bridgehead atoms. The summed E-state index contributed by atoms with van der Waals surface area (Å²) < 4.78 is 5.57. The van der Waals surface area contributed by atoms with Gasteiger partial charge in [0, 0.05) is 23.3 Å². The van der Waals surface area contributed by atoms with Gasteiger partial charge in [-0.1, -0.05) is 6.92 Å². The fourth-order valence-electron chi connectivity index (χ4n) is 2.47. The molecule has 0 aliphatic carbocycles. The smallest absolute Gasteiger partial charge is 0.253 e. The van der Waals surface area contributed by atoms with E-state index in [-0.39, 0.29) is 23.5 Å². The fourth-order valence-corrected chi connectivity index (χ4v) is 2.47. The van der Waals surface area contributed by atoms with Crippen LogP contribution in [0.5, 0.6) is 0 Å². The van der Waals surface area contributed by atoms with Gasteiger partial charge in [-0.15, -0.1) is 0 Å². The van der Waals surface area contributed by atoms with Crippen LogP contribution in [-0.4, -0.2) is 36.1 Å². The average Bonchev–Trinajstić information content (AvgIpc) is 3.04. The van der Waals surface area contributed by atoms with E-state index in [2.05, 4.69) is 10.6 Å². The molecular formula is C18H27N3O3. The van der Waals surface area contributed by atoms with E-state index < -0.39 is 6.10 Å². The van der Waals surface area contributed by atoms with Crippen LogP contribution >= 0.6 is 0 Å². The van der Waals surface area contributed by atoms with E-state index in [9.17, 15) is 9.59 Å². The molecule has 0 aromatic heterocycles. The molecule has 2 atom stereocenters. The SMILES string of the molecule is CCC(C)(C)NC(=O)c1ccc(NC(=O)[C@@H]2CC[C@H](CN)O2)cc1. The van der Waals surface area contributed by atoms with Crippen LogP contribution in [-0.2, 0) is 9.53 Å². The highest BCUT2D eigenvalue weighted by Crippen LogP contribution is 2.20. The van der Waals surface area contributed by atoms with E-state index in [0.29, 0.717) is 24.2 Å². The first-order chi connectivity index (χ1) is 11.3. The average molecular weight is 333 g/mol. The highest BCUT2D eigenvalue weighted by Gasteiger charge is 2.29. The zero-order valence-electron chi connectivity index (χ0n) is 14.6. The lowest BCUT2D eigenvalue weighted by molar-refractivity contribution is -0.126. The highest BCUT2D eigenvalue weighted by molar-refractivity contribution is 5.97. The number of ether oxygens (including phenoxy) is 1. The van der Waals surface area contributed by atoms with Gasteiger partial charge in [-0.05, 0) is 57.4 Å². The summed E-state index contributed by atoms with van der Waals surface area (Å²) in [4.78, 5) is 24.4.